The predicted octanol–water partition coefficient (Wildman–Crippen LogP) is -5.16. The Kier molecular flexibility index (Phi) is 7.07. The molecule has 1 amide bonds. The van der Waals surface area contributed by atoms with Gasteiger partial charge in [0.05, 0.1) is 6.61 Å². The summed E-state index contributed by atoms with van der Waals surface area (Å²) in [5, 5.41) is 70.4. The van der Waals surface area contributed by atoms with Crippen molar-refractivity contribution < 1.29 is 59.5 Å². The predicted molar refractivity (Wildman–Crippen MR) is 80.8 cm³/mol. The number of hydrogen-bond donors (Lipinski definition) is 8. The van der Waals surface area contributed by atoms with E-state index >= 15 is 0 Å². The summed E-state index contributed by atoms with van der Waals surface area (Å²) in [5.74, 6) is -2.27. The Morgan fingerprint density at radius 2 is 1.63 bits per heavy atom. The molecule has 2 aliphatic rings. The number of carboxylic acid groups (broad SMARTS) is 1. The van der Waals surface area contributed by atoms with Crippen LogP contribution in [0.4, 0.5) is 0 Å². The van der Waals surface area contributed by atoms with Gasteiger partial charge in [0.2, 0.25) is 5.91 Å². The van der Waals surface area contributed by atoms with Gasteiger partial charge in [-0.15, -0.1) is 0 Å². The number of rotatable bonds is 5. The molecule has 10 atom stereocenters. The standard InChI is InChI=1S/C14H23NO12/c1-3(17)15-5-7(19)6(18)4(2-16)25-14(5)27-10-8(20)11(12(22)23)26-13(24)9(10)21/h4-11,13-14,16,18-21,24H,2H2,1H3,(H,15,17)(H,22,23)/t4-,5-,6-,7-,8+,9-,10+,11+,13?,14?/m1/s1. The van der Waals surface area contributed by atoms with Gasteiger partial charge in [-0.25, -0.2) is 4.79 Å². The van der Waals surface area contributed by atoms with Crippen LogP contribution in [0.2, 0.25) is 0 Å². The number of aliphatic carboxylic acids is 1. The number of carbonyl (C=O) groups is 2. The Balaban J connectivity index is 2.26. The number of aliphatic hydroxyl groups excluding tert-OH is 6. The third-order valence-corrected chi connectivity index (χ3v) is 4.35. The summed E-state index contributed by atoms with van der Waals surface area (Å²) in [7, 11) is 0. The lowest BCUT2D eigenvalue weighted by Gasteiger charge is -2.46. The topological polar surface area (TPSA) is 215 Å². The van der Waals surface area contributed by atoms with E-state index in [9.17, 15) is 40.2 Å². The summed E-state index contributed by atoms with van der Waals surface area (Å²) in [6.07, 6.45) is -15.7. The molecule has 2 unspecified atom stereocenters. The van der Waals surface area contributed by atoms with E-state index in [4.69, 9.17) is 14.6 Å². The van der Waals surface area contributed by atoms with Gasteiger partial charge in [0.15, 0.2) is 18.7 Å². The van der Waals surface area contributed by atoms with E-state index in [0.717, 1.165) is 6.92 Å². The molecule has 2 rings (SSSR count). The van der Waals surface area contributed by atoms with Gasteiger partial charge in [0, 0.05) is 6.92 Å². The zero-order valence-corrected chi connectivity index (χ0v) is 14.2. The summed E-state index contributed by atoms with van der Waals surface area (Å²) >= 11 is 0. The van der Waals surface area contributed by atoms with Crippen LogP contribution >= 0.6 is 0 Å². The molecular weight excluding hydrogens is 374 g/mol. The first kappa shape index (κ1) is 21.9. The van der Waals surface area contributed by atoms with Crippen LogP contribution in [0.15, 0.2) is 0 Å². The Bertz CT molecular complexity index is 546. The zero-order valence-electron chi connectivity index (χ0n) is 14.2. The minimum absolute atomic E-state index is 0.637. The highest BCUT2D eigenvalue weighted by molar-refractivity contribution is 5.73. The quantitative estimate of drug-likeness (QED) is 0.218. The second-order valence-electron chi connectivity index (χ2n) is 6.30. The second-order valence-corrected chi connectivity index (χ2v) is 6.30. The molecule has 0 radical (unpaired) electrons. The van der Waals surface area contributed by atoms with Gasteiger partial charge < -0.3 is 55.3 Å². The lowest BCUT2D eigenvalue weighted by atomic mass is 9.95. The molecule has 13 heteroatoms. The van der Waals surface area contributed by atoms with E-state index in [0.29, 0.717) is 0 Å². The number of ether oxygens (including phenoxy) is 3. The van der Waals surface area contributed by atoms with Gasteiger partial charge in [0.25, 0.3) is 0 Å². The van der Waals surface area contributed by atoms with Crippen molar-refractivity contribution in [1.29, 1.82) is 0 Å². The van der Waals surface area contributed by atoms with E-state index in [1.807, 2.05) is 0 Å². The smallest absolute Gasteiger partial charge is 0.335 e. The van der Waals surface area contributed by atoms with Gasteiger partial charge >= 0.3 is 5.97 Å². The van der Waals surface area contributed by atoms with Crippen molar-refractivity contribution in [2.75, 3.05) is 6.61 Å². The first-order valence-corrected chi connectivity index (χ1v) is 8.06. The van der Waals surface area contributed by atoms with Crippen LogP contribution in [0.1, 0.15) is 6.92 Å². The molecule has 2 aliphatic heterocycles. The maximum atomic E-state index is 11.4. The average molecular weight is 397 g/mol. The van der Waals surface area contributed by atoms with Crippen molar-refractivity contribution in [3.05, 3.63) is 0 Å². The number of hydrogen-bond acceptors (Lipinski definition) is 11. The van der Waals surface area contributed by atoms with Crippen molar-refractivity contribution in [2.45, 2.75) is 68.3 Å². The van der Waals surface area contributed by atoms with Gasteiger partial charge in [-0.3, -0.25) is 4.79 Å². The van der Waals surface area contributed by atoms with Gasteiger partial charge in [-0.2, -0.15) is 0 Å². The number of carbonyl (C=O) groups excluding carboxylic acids is 1. The van der Waals surface area contributed by atoms with Crippen LogP contribution in [0.25, 0.3) is 0 Å². The molecule has 0 aromatic heterocycles. The highest BCUT2D eigenvalue weighted by atomic mass is 16.7. The molecule has 2 heterocycles. The van der Waals surface area contributed by atoms with E-state index in [1.165, 1.54) is 0 Å². The molecular formula is C14H23NO12. The molecule has 0 spiro atoms. The number of carboxylic acids is 1. The summed E-state index contributed by atoms with van der Waals surface area (Å²) in [4.78, 5) is 22.5. The highest BCUT2D eigenvalue weighted by Gasteiger charge is 2.52. The summed E-state index contributed by atoms with van der Waals surface area (Å²) in [6.45, 7) is 0.376. The monoisotopic (exact) mass is 397 g/mol. The van der Waals surface area contributed by atoms with E-state index < -0.39 is 79.8 Å². The van der Waals surface area contributed by atoms with Crippen LogP contribution < -0.4 is 5.32 Å². The van der Waals surface area contributed by atoms with E-state index in [-0.39, 0.29) is 0 Å². The average Bonchev–Trinajstić information content (AvgIpc) is 2.60. The lowest BCUT2D eigenvalue weighted by Crippen LogP contribution is -2.67. The third-order valence-electron chi connectivity index (χ3n) is 4.35. The normalized spacial score (nSPS) is 45.3. The minimum atomic E-state index is -2.01. The van der Waals surface area contributed by atoms with Crippen molar-refractivity contribution >= 4 is 11.9 Å². The minimum Gasteiger partial charge on any atom is -0.479 e. The van der Waals surface area contributed by atoms with Crippen LogP contribution in [-0.4, -0.2) is 116 Å². The van der Waals surface area contributed by atoms with Gasteiger partial charge in [-0.1, -0.05) is 0 Å². The van der Waals surface area contributed by atoms with E-state index in [1.54, 1.807) is 0 Å². The van der Waals surface area contributed by atoms with Crippen LogP contribution in [0.3, 0.4) is 0 Å². The third kappa shape index (κ3) is 4.53. The molecule has 2 saturated heterocycles. The van der Waals surface area contributed by atoms with Crippen molar-refractivity contribution in [3.8, 4) is 0 Å². The van der Waals surface area contributed by atoms with Crippen LogP contribution in [0.5, 0.6) is 0 Å². The van der Waals surface area contributed by atoms with Crippen LogP contribution in [0, 0.1) is 0 Å². The summed E-state index contributed by atoms with van der Waals surface area (Å²) < 4.78 is 15.2. The highest BCUT2D eigenvalue weighted by Crippen LogP contribution is 2.28. The molecule has 0 aromatic carbocycles. The summed E-state index contributed by atoms with van der Waals surface area (Å²) in [6, 6.07) is -1.39. The Labute approximate surface area is 152 Å². The molecule has 2 fully saturated rings. The van der Waals surface area contributed by atoms with Crippen molar-refractivity contribution in [1.82, 2.24) is 5.32 Å². The molecule has 0 saturated carbocycles. The zero-order chi connectivity index (χ0) is 20.5. The summed E-state index contributed by atoms with van der Waals surface area (Å²) in [5.41, 5.74) is 0. The first-order valence-electron chi connectivity index (χ1n) is 8.06. The molecule has 27 heavy (non-hydrogen) atoms. The fraction of sp³-hybridized carbons (Fsp3) is 0.857. The lowest BCUT2D eigenvalue weighted by molar-refractivity contribution is -0.337. The Morgan fingerprint density at radius 3 is 2.15 bits per heavy atom. The van der Waals surface area contributed by atoms with E-state index in [2.05, 4.69) is 10.1 Å². The maximum absolute atomic E-state index is 11.4. The molecule has 0 aliphatic carbocycles. The first-order chi connectivity index (χ1) is 12.6. The largest absolute Gasteiger partial charge is 0.479 e. The number of aliphatic hydroxyl groups is 6. The SMILES string of the molecule is CC(=O)N[C@H]1C(O[C@H]2[C@H](O)[C@@H](C(=O)O)OC(O)[C@@H]2O)O[C@H](CO)[C@@H](O)[C@@H]1O. The fourth-order valence-electron chi connectivity index (χ4n) is 2.95. The van der Waals surface area contributed by atoms with Gasteiger partial charge in [-0.05, 0) is 0 Å². The molecule has 0 aromatic rings. The maximum Gasteiger partial charge on any atom is 0.335 e. The fourth-order valence-corrected chi connectivity index (χ4v) is 2.95. The number of nitrogens with one attached hydrogen (secondary N) is 1. The molecule has 156 valence electrons. The van der Waals surface area contributed by atoms with Crippen molar-refractivity contribution in [2.24, 2.45) is 0 Å². The second kappa shape index (κ2) is 8.72. The Morgan fingerprint density at radius 1 is 1.00 bits per heavy atom. The number of amides is 1. The Hall–Kier alpha value is -1.42. The molecule has 13 nitrogen and oxygen atoms in total. The molecule has 0 bridgehead atoms. The van der Waals surface area contributed by atoms with Crippen molar-refractivity contribution in [3.63, 3.8) is 0 Å². The van der Waals surface area contributed by atoms with Gasteiger partial charge in [0.1, 0.15) is 42.7 Å². The molecule has 8 N–H and O–H groups in total. The van der Waals surface area contributed by atoms with Crippen LogP contribution in [-0.2, 0) is 23.8 Å².